The molecule has 3 fully saturated rings. The van der Waals surface area contributed by atoms with E-state index in [0.29, 0.717) is 18.8 Å². The zero-order chi connectivity index (χ0) is 11.7. The smallest absolute Gasteiger partial charge is 0.0707 e. The van der Waals surface area contributed by atoms with Gasteiger partial charge in [-0.2, -0.15) is 0 Å². The molecule has 2 N–H and O–H groups in total. The molecule has 1 saturated carbocycles. The van der Waals surface area contributed by atoms with E-state index in [4.69, 9.17) is 10.5 Å². The van der Waals surface area contributed by atoms with Gasteiger partial charge in [-0.15, -0.1) is 0 Å². The molecule has 4 unspecified atom stereocenters. The monoisotopic (exact) mass is 238 g/mol. The molecule has 0 radical (unpaired) electrons. The lowest BCUT2D eigenvalue weighted by Gasteiger charge is -2.39. The summed E-state index contributed by atoms with van der Waals surface area (Å²) < 4.78 is 6.00. The third-order valence-corrected chi connectivity index (χ3v) is 5.00. The maximum Gasteiger partial charge on any atom is 0.0707 e. The first kappa shape index (κ1) is 11.9. The molecule has 3 heteroatoms. The standard InChI is InChI=1S/C14H26N2O/c15-9-12-6-7-13(17-12)10-16-8-2-4-11-3-1-5-14(11)16/h11-14H,1-10,15H2. The topological polar surface area (TPSA) is 38.5 Å². The van der Waals surface area contributed by atoms with Gasteiger partial charge >= 0.3 is 0 Å². The number of nitrogens with two attached hydrogens (primary N) is 1. The van der Waals surface area contributed by atoms with Gasteiger partial charge in [-0.05, 0) is 51.0 Å². The summed E-state index contributed by atoms with van der Waals surface area (Å²) in [5.74, 6) is 0.996. The quantitative estimate of drug-likeness (QED) is 0.814. The number of likely N-dealkylation sites (tertiary alicyclic amines) is 1. The van der Waals surface area contributed by atoms with Crippen LogP contribution in [-0.2, 0) is 4.74 Å². The van der Waals surface area contributed by atoms with E-state index in [0.717, 1.165) is 18.5 Å². The average Bonchev–Trinajstić information content (AvgIpc) is 2.97. The van der Waals surface area contributed by atoms with Crippen LogP contribution in [0.1, 0.15) is 44.9 Å². The van der Waals surface area contributed by atoms with Crippen molar-refractivity contribution >= 4 is 0 Å². The summed E-state index contributed by atoms with van der Waals surface area (Å²) in [6, 6.07) is 0.879. The molecule has 3 nitrogen and oxygen atoms in total. The van der Waals surface area contributed by atoms with Crippen molar-refractivity contribution in [2.75, 3.05) is 19.6 Å². The van der Waals surface area contributed by atoms with Crippen LogP contribution in [0, 0.1) is 5.92 Å². The van der Waals surface area contributed by atoms with Gasteiger partial charge in [-0.1, -0.05) is 6.42 Å². The molecule has 17 heavy (non-hydrogen) atoms. The highest BCUT2D eigenvalue weighted by Crippen LogP contribution is 2.37. The molecule has 3 aliphatic rings. The summed E-state index contributed by atoms with van der Waals surface area (Å²) in [6.07, 6.45) is 10.4. The molecule has 0 aromatic rings. The third-order valence-electron chi connectivity index (χ3n) is 5.00. The van der Waals surface area contributed by atoms with Crippen LogP contribution < -0.4 is 5.73 Å². The molecule has 4 atom stereocenters. The van der Waals surface area contributed by atoms with E-state index in [1.54, 1.807) is 0 Å². The van der Waals surface area contributed by atoms with Crippen molar-refractivity contribution in [2.24, 2.45) is 11.7 Å². The highest BCUT2D eigenvalue weighted by molar-refractivity contribution is 4.90. The Balaban J connectivity index is 1.54. The molecule has 2 aliphatic heterocycles. The van der Waals surface area contributed by atoms with Gasteiger partial charge in [0.1, 0.15) is 0 Å². The number of ether oxygens (including phenoxy) is 1. The molecule has 0 amide bonds. The Labute approximate surface area is 105 Å². The number of nitrogens with zero attached hydrogens (tertiary/aromatic N) is 1. The van der Waals surface area contributed by atoms with Crippen LogP contribution in [0.15, 0.2) is 0 Å². The van der Waals surface area contributed by atoms with Crippen LogP contribution in [0.3, 0.4) is 0 Å². The fraction of sp³-hybridized carbons (Fsp3) is 1.00. The van der Waals surface area contributed by atoms with Gasteiger partial charge in [0.15, 0.2) is 0 Å². The normalized spacial score (nSPS) is 42.9. The fourth-order valence-corrected chi connectivity index (χ4v) is 4.13. The van der Waals surface area contributed by atoms with E-state index < -0.39 is 0 Å². The van der Waals surface area contributed by atoms with E-state index in [1.165, 1.54) is 51.5 Å². The highest BCUT2D eigenvalue weighted by Gasteiger charge is 2.36. The Bertz CT molecular complexity index is 259. The van der Waals surface area contributed by atoms with Crippen LogP contribution >= 0.6 is 0 Å². The Hall–Kier alpha value is -0.120. The minimum absolute atomic E-state index is 0.337. The van der Waals surface area contributed by atoms with Gasteiger partial charge in [-0.25, -0.2) is 0 Å². The first-order chi connectivity index (χ1) is 8.36. The lowest BCUT2D eigenvalue weighted by molar-refractivity contribution is 0.00368. The van der Waals surface area contributed by atoms with Crippen LogP contribution in [0.4, 0.5) is 0 Å². The molecule has 0 aromatic heterocycles. The second kappa shape index (κ2) is 5.25. The molecule has 1 aliphatic carbocycles. The Kier molecular flexibility index (Phi) is 3.69. The van der Waals surface area contributed by atoms with Gasteiger partial charge < -0.3 is 10.5 Å². The minimum Gasteiger partial charge on any atom is -0.372 e. The zero-order valence-corrected chi connectivity index (χ0v) is 10.8. The maximum absolute atomic E-state index is 6.00. The summed E-state index contributed by atoms with van der Waals surface area (Å²) in [5.41, 5.74) is 5.68. The van der Waals surface area contributed by atoms with Gasteiger partial charge in [-0.3, -0.25) is 4.90 Å². The van der Waals surface area contributed by atoms with Crippen LogP contribution in [-0.4, -0.2) is 42.8 Å². The van der Waals surface area contributed by atoms with Crippen molar-refractivity contribution in [1.82, 2.24) is 4.90 Å². The summed E-state index contributed by atoms with van der Waals surface area (Å²) in [7, 11) is 0. The molecule has 0 spiro atoms. The Morgan fingerprint density at radius 1 is 1.00 bits per heavy atom. The molecule has 3 rings (SSSR count). The van der Waals surface area contributed by atoms with Crippen LogP contribution in [0.2, 0.25) is 0 Å². The van der Waals surface area contributed by atoms with Gasteiger partial charge in [0.05, 0.1) is 12.2 Å². The average molecular weight is 238 g/mol. The van der Waals surface area contributed by atoms with Crippen molar-refractivity contribution in [2.45, 2.75) is 63.2 Å². The first-order valence-corrected chi connectivity index (χ1v) is 7.46. The first-order valence-electron chi connectivity index (χ1n) is 7.46. The molecule has 2 saturated heterocycles. The Morgan fingerprint density at radius 2 is 1.82 bits per heavy atom. The largest absolute Gasteiger partial charge is 0.372 e. The summed E-state index contributed by atoms with van der Waals surface area (Å²) in [6.45, 7) is 3.16. The fourth-order valence-electron chi connectivity index (χ4n) is 4.13. The van der Waals surface area contributed by atoms with Crippen LogP contribution in [0.5, 0.6) is 0 Å². The van der Waals surface area contributed by atoms with Crippen LogP contribution in [0.25, 0.3) is 0 Å². The van der Waals surface area contributed by atoms with Gasteiger partial charge in [0.2, 0.25) is 0 Å². The molecule has 98 valence electrons. The summed E-state index contributed by atoms with van der Waals surface area (Å²) in [4.78, 5) is 2.73. The van der Waals surface area contributed by atoms with Crippen molar-refractivity contribution in [3.05, 3.63) is 0 Å². The van der Waals surface area contributed by atoms with E-state index >= 15 is 0 Å². The predicted octanol–water partition coefficient (Wildman–Crippen LogP) is 1.76. The van der Waals surface area contributed by atoms with Crippen molar-refractivity contribution in [3.63, 3.8) is 0 Å². The highest BCUT2D eigenvalue weighted by atomic mass is 16.5. The van der Waals surface area contributed by atoms with Crippen molar-refractivity contribution in [3.8, 4) is 0 Å². The van der Waals surface area contributed by atoms with Crippen molar-refractivity contribution in [1.29, 1.82) is 0 Å². The SMILES string of the molecule is NCC1CCC(CN2CCCC3CCCC32)O1. The number of rotatable bonds is 3. The maximum atomic E-state index is 6.00. The third kappa shape index (κ3) is 2.51. The Morgan fingerprint density at radius 3 is 2.65 bits per heavy atom. The van der Waals surface area contributed by atoms with E-state index in [9.17, 15) is 0 Å². The van der Waals surface area contributed by atoms with E-state index in [2.05, 4.69) is 4.90 Å². The molecular weight excluding hydrogens is 212 g/mol. The lowest BCUT2D eigenvalue weighted by atomic mass is 9.91. The second-order valence-corrected chi connectivity index (χ2v) is 6.09. The van der Waals surface area contributed by atoms with Gasteiger partial charge in [0, 0.05) is 19.1 Å². The predicted molar refractivity (Wildman–Crippen MR) is 68.9 cm³/mol. The minimum atomic E-state index is 0.337. The lowest BCUT2D eigenvalue weighted by Crippen LogP contribution is -2.46. The molecule has 0 aromatic carbocycles. The van der Waals surface area contributed by atoms with E-state index in [1.807, 2.05) is 0 Å². The zero-order valence-electron chi connectivity index (χ0n) is 10.8. The number of hydrogen-bond acceptors (Lipinski definition) is 3. The molecule has 2 heterocycles. The van der Waals surface area contributed by atoms with Crippen molar-refractivity contribution < 1.29 is 4.74 Å². The van der Waals surface area contributed by atoms with E-state index in [-0.39, 0.29) is 0 Å². The molecule has 0 bridgehead atoms. The number of hydrogen-bond donors (Lipinski definition) is 1. The second-order valence-electron chi connectivity index (χ2n) is 6.09. The summed E-state index contributed by atoms with van der Waals surface area (Å²) in [5, 5.41) is 0. The summed E-state index contributed by atoms with van der Waals surface area (Å²) >= 11 is 0. The van der Waals surface area contributed by atoms with Gasteiger partial charge in [0.25, 0.3) is 0 Å². The molecular formula is C14H26N2O. The number of fused-ring (bicyclic) bond motifs is 1. The number of piperidine rings is 1.